The minimum Gasteiger partial charge on any atom is -0.492 e. The summed E-state index contributed by atoms with van der Waals surface area (Å²) in [5.74, 6) is 12.7. The second kappa shape index (κ2) is 15.5. The van der Waals surface area contributed by atoms with Gasteiger partial charge in [-0.25, -0.2) is 4.79 Å². The molecular formula is C33H34O7S. The Labute approximate surface area is 242 Å². The number of esters is 1. The summed E-state index contributed by atoms with van der Waals surface area (Å²) in [6.45, 7) is 6.67. The first kappa shape index (κ1) is 31.3. The van der Waals surface area contributed by atoms with Crippen LogP contribution in [0.25, 0.3) is 0 Å². The van der Waals surface area contributed by atoms with Gasteiger partial charge in [0.1, 0.15) is 11.5 Å². The van der Waals surface area contributed by atoms with E-state index in [0.717, 1.165) is 18.4 Å². The van der Waals surface area contributed by atoms with Crippen molar-refractivity contribution < 1.29 is 32.0 Å². The molecule has 0 aromatic heterocycles. The summed E-state index contributed by atoms with van der Waals surface area (Å²) in [4.78, 5) is 11.9. The normalized spacial score (nSPS) is 10.5. The van der Waals surface area contributed by atoms with Crippen LogP contribution in [0.2, 0.25) is 0 Å². The lowest BCUT2D eigenvalue weighted by atomic mass is 10.1. The van der Waals surface area contributed by atoms with Crippen molar-refractivity contribution in [1.82, 2.24) is 0 Å². The maximum absolute atomic E-state index is 11.9. The maximum atomic E-state index is 11.9. The van der Waals surface area contributed by atoms with Gasteiger partial charge in [0.15, 0.2) is 0 Å². The predicted octanol–water partition coefficient (Wildman–Crippen LogP) is 5.67. The van der Waals surface area contributed by atoms with Gasteiger partial charge in [0.25, 0.3) is 10.1 Å². The van der Waals surface area contributed by atoms with E-state index in [9.17, 15) is 13.2 Å². The molecule has 0 bridgehead atoms. The standard InChI is InChI=1S/C33H34O7S/c1-4-20-39-31-23-30(19-15-27-12-16-28(17-13-27)33(34)38-6-3)32(40-21-7-22-41(35,36)37)24-29(31)18-14-26-10-8-25(5-2)9-11-26/h8-13,16-17,23-24H,4-7,20-22H2,1-3H3,(H,35,36,37). The van der Waals surface area contributed by atoms with Gasteiger partial charge in [0.05, 0.1) is 42.3 Å². The van der Waals surface area contributed by atoms with Crippen molar-refractivity contribution in [3.63, 3.8) is 0 Å². The monoisotopic (exact) mass is 574 g/mol. The highest BCUT2D eigenvalue weighted by Gasteiger charge is 2.12. The third-order valence-electron chi connectivity index (χ3n) is 5.79. The van der Waals surface area contributed by atoms with E-state index in [-0.39, 0.29) is 13.0 Å². The molecule has 0 atom stereocenters. The summed E-state index contributed by atoms with van der Waals surface area (Å²) >= 11 is 0. The van der Waals surface area contributed by atoms with E-state index >= 15 is 0 Å². The second-order valence-electron chi connectivity index (χ2n) is 9.03. The van der Waals surface area contributed by atoms with Gasteiger partial charge in [-0.1, -0.05) is 49.7 Å². The van der Waals surface area contributed by atoms with Crippen LogP contribution < -0.4 is 9.47 Å². The molecule has 7 nitrogen and oxygen atoms in total. The maximum Gasteiger partial charge on any atom is 0.338 e. The molecule has 0 saturated carbocycles. The zero-order chi connectivity index (χ0) is 29.7. The highest BCUT2D eigenvalue weighted by molar-refractivity contribution is 7.85. The fraction of sp³-hybridized carbons (Fsp3) is 0.303. The van der Waals surface area contributed by atoms with Gasteiger partial charge in [-0.15, -0.1) is 0 Å². The van der Waals surface area contributed by atoms with E-state index in [1.807, 2.05) is 31.2 Å². The number of benzene rings is 3. The van der Waals surface area contributed by atoms with Crippen LogP contribution in [0.15, 0.2) is 60.7 Å². The summed E-state index contributed by atoms with van der Waals surface area (Å²) in [6.07, 6.45) is 1.84. The van der Waals surface area contributed by atoms with Crippen LogP contribution in [0.1, 0.15) is 71.8 Å². The lowest BCUT2D eigenvalue weighted by Gasteiger charge is -2.13. The molecule has 3 aromatic rings. The Balaban J connectivity index is 1.98. The van der Waals surface area contributed by atoms with Crippen molar-refractivity contribution in [2.75, 3.05) is 25.6 Å². The number of hydrogen-bond donors (Lipinski definition) is 1. The van der Waals surface area contributed by atoms with Crippen LogP contribution in [-0.4, -0.2) is 44.5 Å². The van der Waals surface area contributed by atoms with Crippen LogP contribution in [0.4, 0.5) is 0 Å². The second-order valence-corrected chi connectivity index (χ2v) is 10.6. The van der Waals surface area contributed by atoms with Crippen molar-refractivity contribution in [2.45, 2.75) is 40.0 Å². The van der Waals surface area contributed by atoms with Crippen molar-refractivity contribution in [3.05, 3.63) is 94.0 Å². The van der Waals surface area contributed by atoms with E-state index in [4.69, 9.17) is 18.8 Å². The molecule has 0 aliphatic rings. The molecule has 3 aromatic carbocycles. The average Bonchev–Trinajstić information content (AvgIpc) is 2.96. The first-order valence-corrected chi connectivity index (χ1v) is 15.1. The summed E-state index contributed by atoms with van der Waals surface area (Å²) in [5, 5.41) is 0. The number of carbonyl (C=O) groups excluding carboxylic acids is 1. The minimum atomic E-state index is -4.10. The quantitative estimate of drug-likeness (QED) is 0.136. The molecule has 0 fully saturated rings. The smallest absolute Gasteiger partial charge is 0.338 e. The number of carbonyl (C=O) groups is 1. The van der Waals surface area contributed by atoms with Gasteiger partial charge < -0.3 is 14.2 Å². The molecule has 214 valence electrons. The van der Waals surface area contributed by atoms with Crippen LogP contribution in [-0.2, 0) is 21.3 Å². The molecule has 0 aliphatic carbocycles. The highest BCUT2D eigenvalue weighted by Crippen LogP contribution is 2.29. The fourth-order valence-electron chi connectivity index (χ4n) is 3.64. The Bertz CT molecular complexity index is 1550. The summed E-state index contributed by atoms with van der Waals surface area (Å²) in [7, 11) is -4.10. The third-order valence-corrected chi connectivity index (χ3v) is 6.59. The Kier molecular flexibility index (Phi) is 11.8. The Hall–Kier alpha value is -4.24. The van der Waals surface area contributed by atoms with Crippen molar-refractivity contribution >= 4 is 16.1 Å². The zero-order valence-electron chi connectivity index (χ0n) is 23.5. The molecule has 0 heterocycles. The van der Waals surface area contributed by atoms with E-state index in [2.05, 4.69) is 30.6 Å². The van der Waals surface area contributed by atoms with Crippen LogP contribution in [0, 0.1) is 23.7 Å². The van der Waals surface area contributed by atoms with Gasteiger partial charge in [-0.2, -0.15) is 8.42 Å². The summed E-state index contributed by atoms with van der Waals surface area (Å²) < 4.78 is 48.3. The van der Waals surface area contributed by atoms with Gasteiger partial charge in [-0.05, 0) is 68.1 Å². The molecule has 0 radical (unpaired) electrons. The summed E-state index contributed by atoms with van der Waals surface area (Å²) in [5.41, 5.74) is 4.31. The first-order valence-electron chi connectivity index (χ1n) is 13.5. The molecule has 0 amide bonds. The fourth-order valence-corrected chi connectivity index (χ4v) is 4.12. The van der Waals surface area contributed by atoms with E-state index in [0.29, 0.717) is 47.0 Å². The third kappa shape index (κ3) is 10.3. The lowest BCUT2D eigenvalue weighted by Crippen LogP contribution is -2.09. The van der Waals surface area contributed by atoms with Gasteiger partial charge in [0.2, 0.25) is 0 Å². The molecule has 0 saturated heterocycles. The van der Waals surface area contributed by atoms with Crippen LogP contribution in [0.3, 0.4) is 0 Å². The Morgan fingerprint density at radius 2 is 1.32 bits per heavy atom. The highest BCUT2D eigenvalue weighted by atomic mass is 32.2. The number of ether oxygens (including phenoxy) is 3. The number of rotatable bonds is 11. The first-order chi connectivity index (χ1) is 19.7. The van der Waals surface area contributed by atoms with Gasteiger partial charge in [-0.3, -0.25) is 4.55 Å². The molecule has 8 heteroatoms. The zero-order valence-corrected chi connectivity index (χ0v) is 24.3. The van der Waals surface area contributed by atoms with E-state index in [1.165, 1.54) is 5.56 Å². The average molecular weight is 575 g/mol. The molecule has 1 N–H and O–H groups in total. The minimum absolute atomic E-state index is 0.0449. The Morgan fingerprint density at radius 3 is 1.80 bits per heavy atom. The van der Waals surface area contributed by atoms with Crippen LogP contribution in [0.5, 0.6) is 11.5 Å². The van der Waals surface area contributed by atoms with E-state index in [1.54, 1.807) is 43.3 Å². The number of aryl methyl sites for hydroxylation is 1. The molecule has 0 unspecified atom stereocenters. The molecular weight excluding hydrogens is 540 g/mol. The topological polar surface area (TPSA) is 99.1 Å². The van der Waals surface area contributed by atoms with Crippen molar-refractivity contribution in [3.8, 4) is 35.2 Å². The molecule has 0 spiro atoms. The van der Waals surface area contributed by atoms with Gasteiger partial charge >= 0.3 is 5.97 Å². The number of hydrogen-bond acceptors (Lipinski definition) is 6. The van der Waals surface area contributed by atoms with Crippen molar-refractivity contribution in [1.29, 1.82) is 0 Å². The van der Waals surface area contributed by atoms with Gasteiger partial charge in [0, 0.05) is 23.3 Å². The molecule has 0 aliphatic heterocycles. The lowest BCUT2D eigenvalue weighted by molar-refractivity contribution is 0.0526. The van der Waals surface area contributed by atoms with E-state index < -0.39 is 21.8 Å². The van der Waals surface area contributed by atoms with Crippen LogP contribution >= 0.6 is 0 Å². The molecule has 3 rings (SSSR count). The molecule has 41 heavy (non-hydrogen) atoms. The summed E-state index contributed by atoms with van der Waals surface area (Å²) in [6, 6.07) is 18.3. The SMILES string of the molecule is CCCOc1cc(C#Cc2ccc(C(=O)OCC)cc2)c(OCCCS(=O)(=O)O)cc1C#Cc1ccc(CC)cc1. The van der Waals surface area contributed by atoms with Crippen molar-refractivity contribution in [2.24, 2.45) is 0 Å². The predicted molar refractivity (Wildman–Crippen MR) is 159 cm³/mol. The largest absolute Gasteiger partial charge is 0.492 e. The Morgan fingerprint density at radius 1 is 0.780 bits per heavy atom.